The molecule has 0 saturated heterocycles. The molecular weight excluding hydrogens is 276 g/mol. The summed E-state index contributed by atoms with van der Waals surface area (Å²) >= 11 is 0. The maximum absolute atomic E-state index is 12.4. The van der Waals surface area contributed by atoms with Crippen molar-refractivity contribution in [2.75, 3.05) is 0 Å². The lowest BCUT2D eigenvalue weighted by Crippen LogP contribution is -2.07. The lowest BCUT2D eigenvalue weighted by Gasteiger charge is -2.13. The summed E-state index contributed by atoms with van der Waals surface area (Å²) in [5, 5.41) is 0. The van der Waals surface area contributed by atoms with Crippen LogP contribution in [0, 0.1) is 0 Å². The Morgan fingerprint density at radius 1 is 1.00 bits per heavy atom. The Morgan fingerprint density at radius 3 is 2.05 bits per heavy atom. The van der Waals surface area contributed by atoms with Crippen LogP contribution in [-0.2, 0) is 4.74 Å². The van der Waals surface area contributed by atoms with Crippen molar-refractivity contribution in [1.29, 1.82) is 0 Å². The number of carbonyl (C=O) groups excluding carboxylic acids is 2. The first-order chi connectivity index (χ1) is 10.6. The number of rotatable bonds is 1. The van der Waals surface area contributed by atoms with E-state index < -0.39 is 0 Å². The highest BCUT2D eigenvalue weighted by Crippen LogP contribution is 2.31. The number of benzene rings is 1. The summed E-state index contributed by atoms with van der Waals surface area (Å²) in [5.41, 5.74) is 1.71. The van der Waals surface area contributed by atoms with Crippen LogP contribution in [0.1, 0.15) is 41.5 Å². The van der Waals surface area contributed by atoms with Crippen LogP contribution in [0.5, 0.6) is 0 Å². The van der Waals surface area contributed by atoms with Crippen LogP contribution in [0.15, 0.2) is 71.7 Å². The monoisotopic (exact) mass is 294 g/mol. The zero-order chi connectivity index (χ0) is 16.3. The van der Waals surface area contributed by atoms with Gasteiger partial charge in [0.15, 0.2) is 11.6 Å². The average Bonchev–Trinajstić information content (AvgIpc) is 2.80. The third kappa shape index (κ3) is 2.58. The number of allylic oxidation sites excluding steroid dienone is 6. The van der Waals surface area contributed by atoms with Gasteiger partial charge in [-0.2, -0.15) is 0 Å². The van der Waals surface area contributed by atoms with Crippen molar-refractivity contribution >= 4 is 11.6 Å². The molecule has 0 bridgehead atoms. The van der Waals surface area contributed by atoms with Crippen molar-refractivity contribution in [3.8, 4) is 0 Å². The van der Waals surface area contributed by atoms with Gasteiger partial charge in [0.1, 0.15) is 11.5 Å². The highest BCUT2D eigenvalue weighted by molar-refractivity contribution is 6.40. The van der Waals surface area contributed by atoms with Gasteiger partial charge in [-0.3, -0.25) is 9.59 Å². The third-order valence-electron chi connectivity index (χ3n) is 3.30. The minimum absolute atomic E-state index is 0.202. The first kappa shape index (κ1) is 15.7. The quantitative estimate of drug-likeness (QED) is 0.570. The molecule has 3 heteroatoms. The fraction of sp³-hybridized carbons (Fsp3) is 0.158. The Morgan fingerprint density at radius 2 is 1.55 bits per heavy atom. The molecule has 0 spiro atoms. The van der Waals surface area contributed by atoms with E-state index in [4.69, 9.17) is 4.74 Å². The van der Waals surface area contributed by atoms with Gasteiger partial charge < -0.3 is 4.74 Å². The van der Waals surface area contributed by atoms with Crippen molar-refractivity contribution in [1.82, 2.24) is 0 Å². The highest BCUT2D eigenvalue weighted by Gasteiger charge is 2.34. The van der Waals surface area contributed by atoms with Crippen molar-refractivity contribution in [3.63, 3.8) is 0 Å². The molecule has 1 aromatic rings. The lowest BCUT2D eigenvalue weighted by atomic mass is 10.0. The Hall–Kier alpha value is -2.68. The van der Waals surface area contributed by atoms with E-state index in [2.05, 4.69) is 6.58 Å². The maximum atomic E-state index is 12.4. The van der Waals surface area contributed by atoms with Crippen LogP contribution in [0.25, 0.3) is 0 Å². The molecule has 0 atom stereocenters. The second-order valence-corrected chi connectivity index (χ2v) is 4.64. The van der Waals surface area contributed by atoms with Crippen LogP contribution in [-0.4, -0.2) is 11.6 Å². The Balaban J connectivity index is 0.000000847. The first-order valence-corrected chi connectivity index (χ1v) is 7.25. The molecule has 1 aliphatic carbocycles. The van der Waals surface area contributed by atoms with Crippen molar-refractivity contribution < 1.29 is 14.3 Å². The third-order valence-corrected chi connectivity index (χ3v) is 3.30. The molecule has 0 aromatic heterocycles. The second kappa shape index (κ2) is 6.39. The van der Waals surface area contributed by atoms with E-state index in [9.17, 15) is 9.59 Å². The van der Waals surface area contributed by atoms with Crippen LogP contribution in [0.4, 0.5) is 0 Å². The van der Waals surface area contributed by atoms with E-state index in [0.717, 1.165) is 0 Å². The van der Waals surface area contributed by atoms with Gasteiger partial charge in [-0.15, -0.1) is 0 Å². The number of hydrogen-bond donors (Lipinski definition) is 0. The van der Waals surface area contributed by atoms with Crippen molar-refractivity contribution in [2.24, 2.45) is 0 Å². The summed E-state index contributed by atoms with van der Waals surface area (Å²) in [5.74, 6) is 0.697. The standard InChI is InChI=1S/C17H12O3.C2H6/c1-3-12-9-11(8-10(2)20-12)15-16(18)13-6-4-5-7-14(13)17(15)19;1-2/h3-9H,1H2,2H3;1-2H3. The zero-order valence-electron chi connectivity index (χ0n) is 13.0. The molecule has 0 fully saturated rings. The molecule has 1 aromatic carbocycles. The van der Waals surface area contributed by atoms with E-state index in [1.165, 1.54) is 0 Å². The lowest BCUT2D eigenvalue weighted by molar-refractivity contribution is 0.0988. The normalized spacial score (nSPS) is 16.1. The molecule has 2 aliphatic rings. The number of ether oxygens (including phenoxy) is 1. The summed E-state index contributed by atoms with van der Waals surface area (Å²) in [6.07, 6.45) is 4.91. The van der Waals surface area contributed by atoms with Crippen molar-refractivity contribution in [2.45, 2.75) is 20.8 Å². The minimum atomic E-state index is -0.230. The summed E-state index contributed by atoms with van der Waals surface area (Å²) in [6, 6.07) is 6.87. The predicted octanol–water partition coefficient (Wildman–Crippen LogP) is 4.39. The Bertz CT molecular complexity index is 709. The molecule has 22 heavy (non-hydrogen) atoms. The van der Waals surface area contributed by atoms with Gasteiger partial charge in [-0.05, 0) is 30.7 Å². The van der Waals surface area contributed by atoms with Crippen LogP contribution in [0.2, 0.25) is 0 Å². The van der Waals surface area contributed by atoms with E-state index in [1.807, 2.05) is 13.8 Å². The topological polar surface area (TPSA) is 43.4 Å². The van der Waals surface area contributed by atoms with E-state index >= 15 is 0 Å². The van der Waals surface area contributed by atoms with Crippen molar-refractivity contribution in [3.05, 3.63) is 82.9 Å². The van der Waals surface area contributed by atoms with Gasteiger partial charge >= 0.3 is 0 Å². The molecule has 0 radical (unpaired) electrons. The molecule has 0 amide bonds. The molecule has 3 nitrogen and oxygen atoms in total. The van der Waals surface area contributed by atoms with Gasteiger partial charge in [0, 0.05) is 11.1 Å². The molecule has 112 valence electrons. The molecule has 1 heterocycles. The average molecular weight is 294 g/mol. The second-order valence-electron chi connectivity index (χ2n) is 4.64. The molecule has 0 N–H and O–H groups in total. The van der Waals surface area contributed by atoms with Crippen LogP contribution < -0.4 is 0 Å². The largest absolute Gasteiger partial charge is 0.462 e. The zero-order valence-corrected chi connectivity index (χ0v) is 13.0. The maximum Gasteiger partial charge on any atom is 0.198 e. The molecular formula is C19H18O3. The Labute approximate surface area is 130 Å². The summed E-state index contributed by atoms with van der Waals surface area (Å²) < 4.78 is 5.42. The summed E-state index contributed by atoms with van der Waals surface area (Å²) in [7, 11) is 0. The number of ketones is 2. The smallest absolute Gasteiger partial charge is 0.198 e. The van der Waals surface area contributed by atoms with E-state index in [-0.39, 0.29) is 17.1 Å². The van der Waals surface area contributed by atoms with Gasteiger partial charge in [0.2, 0.25) is 0 Å². The molecule has 1 aliphatic heterocycles. The van der Waals surface area contributed by atoms with E-state index in [0.29, 0.717) is 28.2 Å². The summed E-state index contributed by atoms with van der Waals surface area (Å²) in [4.78, 5) is 24.8. The van der Waals surface area contributed by atoms with Crippen LogP contribution in [0.3, 0.4) is 0 Å². The number of carbonyl (C=O) groups is 2. The fourth-order valence-corrected chi connectivity index (χ4v) is 2.42. The van der Waals surface area contributed by atoms with Gasteiger partial charge in [0.25, 0.3) is 0 Å². The minimum Gasteiger partial charge on any atom is -0.462 e. The SMILES string of the molecule is C=CC1=CC(=C2C(=O)c3ccccc3C2=O)C=C(C)O1.CC. The Kier molecular flexibility index (Phi) is 4.56. The first-order valence-electron chi connectivity index (χ1n) is 7.25. The number of fused-ring (bicyclic) bond motifs is 1. The number of Topliss-reactive ketones (excluding diaryl/α,β-unsaturated/α-hetero) is 2. The molecule has 0 unspecified atom stereocenters. The molecule has 3 rings (SSSR count). The van der Waals surface area contributed by atoms with Gasteiger partial charge in [0.05, 0.1) is 5.57 Å². The summed E-state index contributed by atoms with van der Waals surface area (Å²) in [6.45, 7) is 9.42. The molecule has 0 saturated carbocycles. The van der Waals surface area contributed by atoms with Gasteiger partial charge in [-0.1, -0.05) is 44.7 Å². The number of hydrogen-bond acceptors (Lipinski definition) is 3. The van der Waals surface area contributed by atoms with Gasteiger partial charge in [-0.25, -0.2) is 0 Å². The fourth-order valence-electron chi connectivity index (χ4n) is 2.42. The predicted molar refractivity (Wildman–Crippen MR) is 86.6 cm³/mol. The highest BCUT2D eigenvalue weighted by atomic mass is 16.5. The van der Waals surface area contributed by atoms with Crippen LogP contribution >= 0.6 is 0 Å². The van der Waals surface area contributed by atoms with E-state index in [1.54, 1.807) is 49.4 Å².